The summed E-state index contributed by atoms with van der Waals surface area (Å²) in [4.78, 5) is 1.78. The predicted molar refractivity (Wildman–Crippen MR) is 82.8 cm³/mol. The highest BCUT2D eigenvalue weighted by atomic mass is 32.2. The molecular weight excluding hydrogens is 314 g/mol. The molecular formula is C13H17NO3S3. The van der Waals surface area contributed by atoms with Crippen LogP contribution >= 0.6 is 22.7 Å². The van der Waals surface area contributed by atoms with Crippen LogP contribution < -0.4 is 4.72 Å². The van der Waals surface area contributed by atoms with Crippen molar-refractivity contribution in [1.82, 2.24) is 4.72 Å². The van der Waals surface area contributed by atoms with Crippen LogP contribution in [0.3, 0.4) is 0 Å². The van der Waals surface area contributed by atoms with E-state index in [1.165, 1.54) is 6.07 Å². The Bertz CT molecular complexity index is 657. The van der Waals surface area contributed by atoms with Crippen LogP contribution in [0, 0.1) is 0 Å². The second-order valence-electron chi connectivity index (χ2n) is 5.06. The molecule has 7 heteroatoms. The molecule has 0 aliphatic heterocycles. The highest BCUT2D eigenvalue weighted by molar-refractivity contribution is 7.91. The maximum atomic E-state index is 12.2. The zero-order valence-corrected chi connectivity index (χ0v) is 13.7. The molecule has 0 aromatic carbocycles. The van der Waals surface area contributed by atoms with Crippen LogP contribution in [0.2, 0.25) is 0 Å². The van der Waals surface area contributed by atoms with Crippen molar-refractivity contribution in [3.8, 4) is 0 Å². The second-order valence-corrected chi connectivity index (χ2v) is 9.17. The van der Waals surface area contributed by atoms with Crippen molar-refractivity contribution in [3.63, 3.8) is 0 Å². The molecule has 2 heterocycles. The number of nitrogens with one attached hydrogen (secondary N) is 1. The zero-order valence-electron chi connectivity index (χ0n) is 11.3. The van der Waals surface area contributed by atoms with Gasteiger partial charge in [-0.3, -0.25) is 0 Å². The number of rotatable bonds is 6. The first kappa shape index (κ1) is 15.7. The highest BCUT2D eigenvalue weighted by Crippen LogP contribution is 2.28. The first-order valence-electron chi connectivity index (χ1n) is 6.08. The smallest absolute Gasteiger partial charge is 0.250 e. The molecule has 0 saturated carbocycles. The molecule has 4 nitrogen and oxygen atoms in total. The number of sulfonamides is 1. The third-order valence-electron chi connectivity index (χ3n) is 2.95. The molecule has 110 valence electrons. The van der Waals surface area contributed by atoms with Crippen molar-refractivity contribution in [2.24, 2.45) is 0 Å². The minimum Gasteiger partial charge on any atom is -0.391 e. The summed E-state index contributed by atoms with van der Waals surface area (Å²) in [5, 5.41) is 11.0. The number of aliphatic hydroxyl groups excluding tert-OH is 1. The third kappa shape index (κ3) is 3.48. The molecule has 2 aromatic rings. The van der Waals surface area contributed by atoms with Crippen LogP contribution in [0.15, 0.2) is 33.9 Å². The van der Waals surface area contributed by atoms with Crippen molar-refractivity contribution in [1.29, 1.82) is 0 Å². The van der Waals surface area contributed by atoms with Gasteiger partial charge in [0.2, 0.25) is 10.0 Å². The Kier molecular flexibility index (Phi) is 4.66. The lowest BCUT2D eigenvalue weighted by Gasteiger charge is -2.23. The highest BCUT2D eigenvalue weighted by Gasteiger charge is 2.25. The fourth-order valence-corrected chi connectivity index (χ4v) is 5.01. The topological polar surface area (TPSA) is 66.4 Å². The summed E-state index contributed by atoms with van der Waals surface area (Å²) in [6.45, 7) is 4.22. The summed E-state index contributed by atoms with van der Waals surface area (Å²) in [7, 11) is -3.51. The number of hydrogen-bond donors (Lipinski definition) is 2. The standard InChI is InChI=1S/C13H17NO3S3/c1-13(2,11-4-3-7-18-11)9-14-20(16,17)12-6-5-10(8-15)19-12/h3-7,14-15H,8-9H2,1-2H3. The number of hydrogen-bond acceptors (Lipinski definition) is 5. The average Bonchev–Trinajstić information content (AvgIpc) is 3.07. The molecule has 20 heavy (non-hydrogen) atoms. The van der Waals surface area contributed by atoms with Crippen LogP contribution in [-0.2, 0) is 22.0 Å². The van der Waals surface area contributed by atoms with Crippen molar-refractivity contribution < 1.29 is 13.5 Å². The van der Waals surface area contributed by atoms with Gasteiger partial charge in [0.15, 0.2) is 0 Å². The van der Waals surface area contributed by atoms with Crippen molar-refractivity contribution in [2.75, 3.05) is 6.54 Å². The van der Waals surface area contributed by atoms with Crippen LogP contribution in [0.25, 0.3) is 0 Å². The van der Waals surface area contributed by atoms with Gasteiger partial charge in [-0.05, 0) is 23.6 Å². The average molecular weight is 331 g/mol. The van der Waals surface area contributed by atoms with Crippen LogP contribution in [-0.4, -0.2) is 20.1 Å². The Morgan fingerprint density at radius 1 is 1.30 bits per heavy atom. The second kappa shape index (κ2) is 5.95. The Labute approximate surface area is 127 Å². The number of aliphatic hydroxyl groups is 1. The molecule has 0 aliphatic carbocycles. The Morgan fingerprint density at radius 3 is 2.60 bits per heavy atom. The third-order valence-corrected chi connectivity index (χ3v) is 7.15. The molecule has 0 aliphatic rings. The molecule has 0 fully saturated rings. The molecule has 0 unspecified atom stereocenters. The van der Waals surface area contributed by atoms with Gasteiger partial charge >= 0.3 is 0 Å². The molecule has 2 rings (SSSR count). The van der Waals surface area contributed by atoms with E-state index in [4.69, 9.17) is 5.11 Å². The van der Waals surface area contributed by atoms with E-state index in [0.29, 0.717) is 11.4 Å². The van der Waals surface area contributed by atoms with Gasteiger partial charge in [0.1, 0.15) is 4.21 Å². The van der Waals surface area contributed by atoms with Gasteiger partial charge in [-0.25, -0.2) is 13.1 Å². The summed E-state index contributed by atoms with van der Waals surface area (Å²) in [6.07, 6.45) is 0. The van der Waals surface area contributed by atoms with Crippen LogP contribution in [0.1, 0.15) is 23.6 Å². The maximum absolute atomic E-state index is 12.2. The van der Waals surface area contributed by atoms with E-state index < -0.39 is 10.0 Å². The van der Waals surface area contributed by atoms with Gasteiger partial charge < -0.3 is 5.11 Å². The van der Waals surface area contributed by atoms with E-state index in [2.05, 4.69) is 4.72 Å². The van der Waals surface area contributed by atoms with Crippen molar-refractivity contribution in [2.45, 2.75) is 30.1 Å². The molecule has 0 saturated heterocycles. The van der Waals surface area contributed by atoms with Crippen molar-refractivity contribution >= 4 is 32.7 Å². The van der Waals surface area contributed by atoms with E-state index in [1.54, 1.807) is 17.4 Å². The summed E-state index contributed by atoms with van der Waals surface area (Å²) in [5.41, 5.74) is -0.252. The predicted octanol–water partition coefficient (Wildman–Crippen LogP) is 2.56. The zero-order chi connectivity index (χ0) is 14.8. The van der Waals surface area contributed by atoms with Crippen LogP contribution in [0.5, 0.6) is 0 Å². The molecule has 2 aromatic heterocycles. The van der Waals surface area contributed by atoms with Gasteiger partial charge in [-0.2, -0.15) is 0 Å². The molecule has 0 spiro atoms. The summed E-state index contributed by atoms with van der Waals surface area (Å²) < 4.78 is 27.3. The lowest BCUT2D eigenvalue weighted by molar-refractivity contribution is 0.285. The minimum atomic E-state index is -3.51. The van der Waals surface area contributed by atoms with E-state index in [0.717, 1.165) is 16.2 Å². The fourth-order valence-electron chi connectivity index (χ4n) is 1.68. The summed E-state index contributed by atoms with van der Waals surface area (Å²) in [6, 6.07) is 7.12. The molecule has 0 radical (unpaired) electrons. The van der Waals surface area contributed by atoms with E-state index in [1.807, 2.05) is 31.4 Å². The van der Waals surface area contributed by atoms with Gasteiger partial charge in [0.25, 0.3) is 0 Å². The van der Waals surface area contributed by atoms with E-state index >= 15 is 0 Å². The summed E-state index contributed by atoms with van der Waals surface area (Å²) >= 11 is 2.71. The van der Waals surface area contributed by atoms with Gasteiger partial charge in [-0.15, -0.1) is 22.7 Å². The van der Waals surface area contributed by atoms with Crippen molar-refractivity contribution in [3.05, 3.63) is 39.4 Å². The minimum absolute atomic E-state index is 0.138. The summed E-state index contributed by atoms with van der Waals surface area (Å²) in [5.74, 6) is 0. The van der Waals surface area contributed by atoms with E-state index in [9.17, 15) is 8.42 Å². The first-order valence-corrected chi connectivity index (χ1v) is 9.26. The molecule has 0 atom stereocenters. The maximum Gasteiger partial charge on any atom is 0.250 e. The molecule has 2 N–H and O–H groups in total. The Balaban J connectivity index is 2.09. The largest absolute Gasteiger partial charge is 0.391 e. The Hall–Kier alpha value is -0.730. The van der Waals surface area contributed by atoms with Crippen LogP contribution in [0.4, 0.5) is 0 Å². The lowest BCUT2D eigenvalue weighted by atomic mass is 9.92. The lowest BCUT2D eigenvalue weighted by Crippen LogP contribution is -2.35. The molecule has 0 bridgehead atoms. The normalized spacial score (nSPS) is 12.8. The van der Waals surface area contributed by atoms with Gasteiger partial charge in [0, 0.05) is 21.7 Å². The monoisotopic (exact) mass is 331 g/mol. The molecule has 0 amide bonds. The first-order chi connectivity index (χ1) is 9.35. The Morgan fingerprint density at radius 2 is 2.05 bits per heavy atom. The number of thiophene rings is 2. The quantitative estimate of drug-likeness (QED) is 0.855. The SMILES string of the molecule is CC(C)(CNS(=O)(=O)c1ccc(CO)s1)c1cccs1. The van der Waals surface area contributed by atoms with Gasteiger partial charge in [-0.1, -0.05) is 19.9 Å². The van der Waals surface area contributed by atoms with E-state index in [-0.39, 0.29) is 16.2 Å². The van der Waals surface area contributed by atoms with Gasteiger partial charge in [0.05, 0.1) is 6.61 Å². The fraction of sp³-hybridized carbons (Fsp3) is 0.385.